The van der Waals surface area contributed by atoms with E-state index in [9.17, 15) is 17.2 Å². The molecule has 0 heterocycles. The highest BCUT2D eigenvalue weighted by atomic mass is 32.2. The number of halogens is 2. The zero-order valence-corrected chi connectivity index (χ0v) is 10.6. The number of aliphatic hydroxyl groups excluding tert-OH is 1. The van der Waals surface area contributed by atoms with Gasteiger partial charge in [-0.1, -0.05) is 0 Å². The molecule has 1 aromatic carbocycles. The Hall–Kier alpha value is -1.54. The first-order valence-electron chi connectivity index (χ1n) is 4.83. The third kappa shape index (κ3) is 3.23. The van der Waals surface area contributed by atoms with Crippen LogP contribution < -0.4 is 0 Å². The summed E-state index contributed by atoms with van der Waals surface area (Å²) in [6, 6.07) is 1.24. The minimum atomic E-state index is -4.16. The molecule has 0 saturated heterocycles. The van der Waals surface area contributed by atoms with Crippen LogP contribution in [0.1, 0.15) is 5.56 Å². The first kappa shape index (κ1) is 14.5. The third-order valence-corrected chi connectivity index (χ3v) is 3.19. The summed E-state index contributed by atoms with van der Waals surface area (Å²) in [5.74, 6) is -2.26. The van der Waals surface area contributed by atoms with Crippen LogP contribution in [0.2, 0.25) is 0 Å². The summed E-state index contributed by atoms with van der Waals surface area (Å²) in [6.45, 7) is -0.848. The van der Waals surface area contributed by atoms with E-state index < -0.39 is 38.7 Å². The summed E-state index contributed by atoms with van der Waals surface area (Å²) in [7, 11) is -1.06. The summed E-state index contributed by atoms with van der Waals surface area (Å²) in [5, 5.41) is 8.70. The number of hydrogen-bond acceptors (Lipinski definition) is 3. The lowest BCUT2D eigenvalue weighted by atomic mass is 10.2. The molecule has 100 valence electrons. The monoisotopic (exact) mass is 278 g/mol. The van der Waals surface area contributed by atoms with Crippen LogP contribution in [0.25, 0.3) is 0 Å². The van der Waals surface area contributed by atoms with Crippen molar-refractivity contribution in [2.75, 3.05) is 14.1 Å². The van der Waals surface area contributed by atoms with Gasteiger partial charge in [-0.3, -0.25) is 0 Å². The Morgan fingerprint density at radius 2 is 1.83 bits per heavy atom. The highest BCUT2D eigenvalue weighted by Crippen LogP contribution is 2.20. The van der Waals surface area contributed by atoms with Gasteiger partial charge in [0.25, 0.3) is 10.0 Å². The molecular formula is C10H12F2N2O3S. The van der Waals surface area contributed by atoms with Gasteiger partial charge in [-0.05, 0) is 12.1 Å². The van der Waals surface area contributed by atoms with E-state index in [4.69, 9.17) is 5.11 Å². The Kier molecular flexibility index (Phi) is 4.36. The fourth-order valence-corrected chi connectivity index (χ4v) is 2.04. The predicted molar refractivity (Wildman–Crippen MR) is 61.6 cm³/mol. The summed E-state index contributed by atoms with van der Waals surface area (Å²) < 4.78 is 53.1. The average Bonchev–Trinajstić information content (AvgIpc) is 2.26. The fraction of sp³-hybridized carbons (Fsp3) is 0.300. The summed E-state index contributed by atoms with van der Waals surface area (Å²) in [6.07, 6.45) is 1.01. The predicted octanol–water partition coefficient (Wildman–Crippen LogP) is 0.736. The highest BCUT2D eigenvalue weighted by molar-refractivity contribution is 7.90. The maximum absolute atomic E-state index is 13.3. The van der Waals surface area contributed by atoms with Gasteiger partial charge in [0.2, 0.25) is 0 Å². The van der Waals surface area contributed by atoms with Crippen LogP contribution in [0, 0.1) is 11.6 Å². The maximum atomic E-state index is 13.3. The van der Waals surface area contributed by atoms with Crippen LogP contribution in [0.5, 0.6) is 0 Å². The van der Waals surface area contributed by atoms with E-state index in [1.807, 2.05) is 0 Å². The zero-order chi connectivity index (χ0) is 13.9. The molecule has 18 heavy (non-hydrogen) atoms. The van der Waals surface area contributed by atoms with Gasteiger partial charge in [0.05, 0.1) is 11.5 Å². The molecule has 1 rings (SSSR count). The van der Waals surface area contributed by atoms with Gasteiger partial charge in [0, 0.05) is 19.7 Å². The quantitative estimate of drug-likeness (QED) is 0.651. The van der Waals surface area contributed by atoms with Crippen molar-refractivity contribution in [1.29, 1.82) is 0 Å². The first-order valence-corrected chi connectivity index (χ1v) is 6.27. The summed E-state index contributed by atoms with van der Waals surface area (Å²) in [5.41, 5.74) is -0.578. The zero-order valence-electron chi connectivity index (χ0n) is 9.76. The number of benzene rings is 1. The lowest BCUT2D eigenvalue weighted by molar-refractivity contribution is 0.268. The van der Waals surface area contributed by atoms with E-state index in [0.29, 0.717) is 12.1 Å². The molecule has 0 aliphatic rings. The van der Waals surface area contributed by atoms with Gasteiger partial charge in [-0.2, -0.15) is 8.42 Å². The largest absolute Gasteiger partial charge is 0.391 e. The van der Waals surface area contributed by atoms with Crippen LogP contribution in [0.3, 0.4) is 0 Å². The molecule has 0 unspecified atom stereocenters. The normalized spacial score (nSPS) is 12.1. The molecule has 0 aliphatic carbocycles. The van der Waals surface area contributed by atoms with Crippen molar-refractivity contribution >= 4 is 16.4 Å². The first-order chi connectivity index (χ1) is 8.27. The SMILES string of the molecule is CN(C)C=NS(=O)(=O)c1cc(F)c(CO)c(F)c1. The smallest absolute Gasteiger partial charge is 0.283 e. The highest BCUT2D eigenvalue weighted by Gasteiger charge is 2.18. The maximum Gasteiger partial charge on any atom is 0.283 e. The van der Waals surface area contributed by atoms with Crippen molar-refractivity contribution in [3.05, 3.63) is 29.3 Å². The Balaban J connectivity index is 3.27. The van der Waals surface area contributed by atoms with Gasteiger partial charge in [-0.15, -0.1) is 4.40 Å². The van der Waals surface area contributed by atoms with Crippen molar-refractivity contribution in [1.82, 2.24) is 4.90 Å². The number of rotatable bonds is 4. The lowest BCUT2D eigenvalue weighted by Crippen LogP contribution is -2.10. The minimum Gasteiger partial charge on any atom is -0.391 e. The van der Waals surface area contributed by atoms with E-state index in [2.05, 4.69) is 4.40 Å². The van der Waals surface area contributed by atoms with Crippen molar-refractivity contribution < 1.29 is 22.3 Å². The summed E-state index contributed by atoms with van der Waals surface area (Å²) >= 11 is 0. The molecule has 5 nitrogen and oxygen atoms in total. The molecule has 0 radical (unpaired) electrons. The number of sulfonamides is 1. The summed E-state index contributed by atoms with van der Waals surface area (Å²) in [4.78, 5) is 0.764. The van der Waals surface area contributed by atoms with E-state index in [1.54, 1.807) is 14.1 Å². The standard InChI is InChI=1S/C10H12F2N2O3S/c1-14(2)6-13-18(16,17)7-3-9(11)8(5-15)10(12)4-7/h3-4,6,15H,5H2,1-2H3. The molecule has 0 spiro atoms. The number of hydrogen-bond donors (Lipinski definition) is 1. The Morgan fingerprint density at radius 3 is 2.22 bits per heavy atom. The van der Waals surface area contributed by atoms with Crippen molar-refractivity contribution in [3.63, 3.8) is 0 Å². The van der Waals surface area contributed by atoms with Crippen LogP contribution in [0.15, 0.2) is 21.4 Å². The van der Waals surface area contributed by atoms with E-state index in [-0.39, 0.29) is 0 Å². The van der Waals surface area contributed by atoms with Crippen molar-refractivity contribution in [2.45, 2.75) is 11.5 Å². The van der Waals surface area contributed by atoms with Crippen molar-refractivity contribution in [2.24, 2.45) is 4.40 Å². The molecule has 1 aromatic rings. The Bertz CT molecular complexity index is 547. The van der Waals surface area contributed by atoms with E-state index >= 15 is 0 Å². The molecule has 0 bridgehead atoms. The lowest BCUT2D eigenvalue weighted by Gasteiger charge is -2.06. The van der Waals surface area contributed by atoms with Gasteiger partial charge in [0.1, 0.15) is 18.0 Å². The van der Waals surface area contributed by atoms with Crippen LogP contribution >= 0.6 is 0 Å². The molecule has 0 amide bonds. The Labute approximate surface area is 103 Å². The van der Waals surface area contributed by atoms with E-state index in [1.165, 1.54) is 4.90 Å². The molecule has 0 aromatic heterocycles. The molecule has 0 aliphatic heterocycles. The van der Waals surface area contributed by atoms with Crippen LogP contribution in [-0.4, -0.2) is 38.9 Å². The molecule has 0 fully saturated rings. The average molecular weight is 278 g/mol. The molecule has 0 saturated carbocycles. The van der Waals surface area contributed by atoms with Gasteiger partial charge in [-0.25, -0.2) is 8.78 Å². The second-order valence-corrected chi connectivity index (χ2v) is 5.32. The van der Waals surface area contributed by atoms with Crippen molar-refractivity contribution in [3.8, 4) is 0 Å². The van der Waals surface area contributed by atoms with Gasteiger partial charge < -0.3 is 10.0 Å². The second-order valence-electron chi connectivity index (χ2n) is 3.68. The fourth-order valence-electron chi connectivity index (χ4n) is 1.10. The van der Waals surface area contributed by atoms with Gasteiger partial charge >= 0.3 is 0 Å². The number of nitrogens with zero attached hydrogens (tertiary/aromatic N) is 2. The molecule has 0 atom stereocenters. The molecular weight excluding hydrogens is 266 g/mol. The minimum absolute atomic E-state index is 0.578. The second kappa shape index (κ2) is 5.40. The molecule has 1 N–H and O–H groups in total. The van der Waals surface area contributed by atoms with E-state index in [0.717, 1.165) is 6.34 Å². The van der Waals surface area contributed by atoms with Crippen LogP contribution in [0.4, 0.5) is 8.78 Å². The Morgan fingerprint density at radius 1 is 1.33 bits per heavy atom. The van der Waals surface area contributed by atoms with Crippen LogP contribution in [-0.2, 0) is 16.6 Å². The molecule has 8 heteroatoms. The topological polar surface area (TPSA) is 70.0 Å². The van der Waals surface area contributed by atoms with Gasteiger partial charge in [0.15, 0.2) is 0 Å². The third-order valence-electron chi connectivity index (χ3n) is 1.99. The number of aliphatic hydroxyl groups is 1.